The SMILES string of the molecule is C[C@H](Nc1ccc(NC(=O)Nc2ccc([N+](=O)[O-])cc2)cc1)c1ccccc1. The number of hydrogen-bond donors (Lipinski definition) is 3. The van der Waals surface area contributed by atoms with Gasteiger partial charge in [0.15, 0.2) is 0 Å². The summed E-state index contributed by atoms with van der Waals surface area (Å²) in [6.45, 7) is 2.08. The molecule has 3 N–H and O–H groups in total. The summed E-state index contributed by atoms with van der Waals surface area (Å²) in [5.41, 5.74) is 3.21. The molecule has 142 valence electrons. The molecule has 0 fully saturated rings. The zero-order valence-corrected chi connectivity index (χ0v) is 15.3. The van der Waals surface area contributed by atoms with E-state index in [-0.39, 0.29) is 11.7 Å². The van der Waals surface area contributed by atoms with Crippen LogP contribution in [-0.2, 0) is 0 Å². The molecule has 0 unspecified atom stereocenters. The van der Waals surface area contributed by atoms with Gasteiger partial charge >= 0.3 is 6.03 Å². The normalized spacial score (nSPS) is 11.3. The maximum absolute atomic E-state index is 12.1. The lowest BCUT2D eigenvalue weighted by atomic mass is 10.1. The topological polar surface area (TPSA) is 96.3 Å². The van der Waals surface area contributed by atoms with Gasteiger partial charge in [0.1, 0.15) is 0 Å². The Morgan fingerprint density at radius 1 is 0.821 bits per heavy atom. The summed E-state index contributed by atoms with van der Waals surface area (Å²) in [5, 5.41) is 19.4. The summed E-state index contributed by atoms with van der Waals surface area (Å²) in [6.07, 6.45) is 0. The van der Waals surface area contributed by atoms with Crippen LogP contribution in [0.4, 0.5) is 27.5 Å². The van der Waals surface area contributed by atoms with Crippen molar-refractivity contribution in [2.45, 2.75) is 13.0 Å². The van der Waals surface area contributed by atoms with E-state index >= 15 is 0 Å². The maximum Gasteiger partial charge on any atom is 0.323 e. The van der Waals surface area contributed by atoms with Gasteiger partial charge in [-0.25, -0.2) is 4.79 Å². The Morgan fingerprint density at radius 2 is 1.32 bits per heavy atom. The molecule has 3 aromatic rings. The Bertz CT molecular complexity index is 942. The molecule has 3 aromatic carbocycles. The van der Waals surface area contributed by atoms with Crippen LogP contribution in [0.2, 0.25) is 0 Å². The van der Waals surface area contributed by atoms with Crippen molar-refractivity contribution in [2.24, 2.45) is 0 Å². The van der Waals surface area contributed by atoms with Gasteiger partial charge in [-0.05, 0) is 48.9 Å². The molecule has 0 spiro atoms. The highest BCUT2D eigenvalue weighted by Crippen LogP contribution is 2.21. The average molecular weight is 376 g/mol. The number of carbonyl (C=O) groups is 1. The lowest BCUT2D eigenvalue weighted by Crippen LogP contribution is -2.19. The highest BCUT2D eigenvalue weighted by Gasteiger charge is 2.08. The van der Waals surface area contributed by atoms with Crippen molar-refractivity contribution in [3.05, 3.63) is 94.5 Å². The van der Waals surface area contributed by atoms with Gasteiger partial charge in [-0.2, -0.15) is 0 Å². The molecule has 0 saturated heterocycles. The van der Waals surface area contributed by atoms with Crippen molar-refractivity contribution in [2.75, 3.05) is 16.0 Å². The molecule has 0 aromatic heterocycles. The number of anilines is 3. The van der Waals surface area contributed by atoms with Crippen LogP contribution >= 0.6 is 0 Å². The van der Waals surface area contributed by atoms with Crippen molar-refractivity contribution < 1.29 is 9.72 Å². The summed E-state index contributed by atoms with van der Waals surface area (Å²) in [6, 6.07) is 22.9. The van der Waals surface area contributed by atoms with Gasteiger partial charge in [0.2, 0.25) is 0 Å². The van der Waals surface area contributed by atoms with Crippen molar-refractivity contribution in [3.8, 4) is 0 Å². The fourth-order valence-electron chi connectivity index (χ4n) is 2.68. The number of nitro groups is 1. The molecule has 0 aliphatic carbocycles. The molecule has 0 aliphatic heterocycles. The van der Waals surface area contributed by atoms with E-state index in [1.165, 1.54) is 29.8 Å². The number of rotatable bonds is 6. The van der Waals surface area contributed by atoms with Crippen LogP contribution in [-0.4, -0.2) is 11.0 Å². The third kappa shape index (κ3) is 5.07. The zero-order chi connectivity index (χ0) is 19.9. The van der Waals surface area contributed by atoms with Gasteiger partial charge in [-0.1, -0.05) is 30.3 Å². The van der Waals surface area contributed by atoms with Gasteiger partial charge < -0.3 is 16.0 Å². The first-order valence-electron chi connectivity index (χ1n) is 8.75. The Balaban J connectivity index is 1.54. The number of nitrogens with one attached hydrogen (secondary N) is 3. The second-order valence-electron chi connectivity index (χ2n) is 6.24. The van der Waals surface area contributed by atoms with E-state index in [1.54, 1.807) is 12.1 Å². The smallest absolute Gasteiger partial charge is 0.323 e. The molecular formula is C21H20N4O3. The van der Waals surface area contributed by atoms with E-state index in [4.69, 9.17) is 0 Å². The molecular weight excluding hydrogens is 356 g/mol. The maximum atomic E-state index is 12.1. The number of urea groups is 1. The first kappa shape index (κ1) is 18.9. The zero-order valence-electron chi connectivity index (χ0n) is 15.3. The summed E-state index contributed by atoms with van der Waals surface area (Å²) in [5.74, 6) is 0. The molecule has 0 heterocycles. The minimum atomic E-state index is -0.488. The standard InChI is InChI=1S/C21H20N4O3/c1-15(16-5-3-2-4-6-16)22-17-7-9-18(10-8-17)23-21(26)24-19-11-13-20(14-12-19)25(27)28/h2-15,22H,1H3,(H2,23,24,26)/t15-/m0/s1. The number of carbonyl (C=O) groups excluding carboxylic acids is 1. The third-order valence-corrected chi connectivity index (χ3v) is 4.16. The van der Waals surface area contributed by atoms with Crippen LogP contribution in [0.15, 0.2) is 78.9 Å². The summed E-state index contributed by atoms with van der Waals surface area (Å²) >= 11 is 0. The van der Waals surface area contributed by atoms with Crippen molar-refractivity contribution in [3.63, 3.8) is 0 Å². The Morgan fingerprint density at radius 3 is 1.86 bits per heavy atom. The Kier molecular flexibility index (Phi) is 5.86. The van der Waals surface area contributed by atoms with Crippen molar-refractivity contribution in [1.82, 2.24) is 0 Å². The van der Waals surface area contributed by atoms with Crippen LogP contribution in [0.1, 0.15) is 18.5 Å². The first-order chi connectivity index (χ1) is 13.5. The second kappa shape index (κ2) is 8.68. The number of non-ortho nitro benzene ring substituents is 1. The molecule has 28 heavy (non-hydrogen) atoms. The third-order valence-electron chi connectivity index (χ3n) is 4.16. The fraction of sp³-hybridized carbons (Fsp3) is 0.0952. The van der Waals surface area contributed by atoms with Gasteiger partial charge in [0.05, 0.1) is 4.92 Å². The second-order valence-corrected chi connectivity index (χ2v) is 6.24. The van der Waals surface area contributed by atoms with Gasteiger partial charge in [-0.15, -0.1) is 0 Å². The largest absolute Gasteiger partial charge is 0.379 e. The average Bonchev–Trinajstić information content (AvgIpc) is 2.70. The van der Waals surface area contributed by atoms with E-state index in [9.17, 15) is 14.9 Å². The number of amides is 2. The molecule has 1 atom stereocenters. The van der Waals surface area contributed by atoms with E-state index in [0.717, 1.165) is 5.69 Å². The predicted molar refractivity (Wildman–Crippen MR) is 111 cm³/mol. The number of hydrogen-bond acceptors (Lipinski definition) is 4. The molecule has 0 radical (unpaired) electrons. The van der Waals surface area contributed by atoms with Crippen LogP contribution in [0.3, 0.4) is 0 Å². The van der Waals surface area contributed by atoms with Gasteiger partial charge in [0, 0.05) is 35.2 Å². The first-order valence-corrected chi connectivity index (χ1v) is 8.75. The highest BCUT2D eigenvalue weighted by molar-refractivity contribution is 5.99. The van der Waals surface area contributed by atoms with Crippen LogP contribution in [0, 0.1) is 10.1 Å². The van der Waals surface area contributed by atoms with Crippen molar-refractivity contribution >= 4 is 28.8 Å². The molecule has 0 saturated carbocycles. The molecule has 0 aliphatic rings. The summed E-state index contributed by atoms with van der Waals surface area (Å²) in [4.78, 5) is 22.2. The number of nitro benzene ring substituents is 1. The number of nitrogens with zero attached hydrogens (tertiary/aromatic N) is 1. The Labute approximate surface area is 162 Å². The van der Waals surface area contributed by atoms with Crippen LogP contribution in [0.5, 0.6) is 0 Å². The van der Waals surface area contributed by atoms with E-state index in [2.05, 4.69) is 35.0 Å². The minimum absolute atomic E-state index is 0.0289. The lowest BCUT2D eigenvalue weighted by Gasteiger charge is -2.16. The monoisotopic (exact) mass is 376 g/mol. The molecule has 0 bridgehead atoms. The minimum Gasteiger partial charge on any atom is -0.379 e. The summed E-state index contributed by atoms with van der Waals surface area (Å²) < 4.78 is 0. The predicted octanol–water partition coefficient (Wildman–Crippen LogP) is 5.41. The quantitative estimate of drug-likeness (QED) is 0.396. The molecule has 2 amide bonds. The molecule has 3 rings (SSSR count). The Hall–Kier alpha value is -3.87. The van der Waals surface area contributed by atoms with E-state index in [1.807, 2.05) is 30.3 Å². The lowest BCUT2D eigenvalue weighted by molar-refractivity contribution is -0.384. The molecule has 7 heteroatoms. The van der Waals surface area contributed by atoms with Crippen LogP contribution < -0.4 is 16.0 Å². The van der Waals surface area contributed by atoms with Gasteiger partial charge in [-0.3, -0.25) is 10.1 Å². The highest BCUT2D eigenvalue weighted by atomic mass is 16.6. The summed E-state index contributed by atoms with van der Waals surface area (Å²) in [7, 11) is 0. The molecule has 7 nitrogen and oxygen atoms in total. The number of benzene rings is 3. The van der Waals surface area contributed by atoms with Gasteiger partial charge in [0.25, 0.3) is 5.69 Å². The van der Waals surface area contributed by atoms with Crippen molar-refractivity contribution in [1.29, 1.82) is 0 Å². The van der Waals surface area contributed by atoms with E-state index in [0.29, 0.717) is 11.4 Å². The fourth-order valence-corrected chi connectivity index (χ4v) is 2.68. The van der Waals surface area contributed by atoms with Crippen LogP contribution in [0.25, 0.3) is 0 Å². The van der Waals surface area contributed by atoms with E-state index < -0.39 is 11.0 Å².